The second-order valence-electron chi connectivity index (χ2n) is 7.80. The molecule has 35 heavy (non-hydrogen) atoms. The van der Waals surface area contributed by atoms with Gasteiger partial charge in [0.15, 0.2) is 0 Å². The van der Waals surface area contributed by atoms with Crippen molar-refractivity contribution in [2.75, 3.05) is 45.4 Å². The molecule has 0 saturated heterocycles. The molecule has 0 aromatic heterocycles. The lowest BCUT2D eigenvalue weighted by Gasteiger charge is -2.19. The number of esters is 1. The molecule has 1 aliphatic rings. The average molecular weight is 473 g/mol. The molecule has 0 atom stereocenters. The van der Waals surface area contributed by atoms with E-state index in [0.717, 1.165) is 16.8 Å². The van der Waals surface area contributed by atoms with Crippen LogP contribution in [-0.2, 0) is 19.1 Å². The normalized spacial score (nSPS) is 14.3. The molecule has 0 N–H and O–H groups in total. The second-order valence-corrected chi connectivity index (χ2v) is 7.80. The van der Waals surface area contributed by atoms with Crippen LogP contribution in [0.1, 0.15) is 23.6 Å². The highest BCUT2D eigenvalue weighted by Gasteiger charge is 2.25. The molecule has 2 aromatic carbocycles. The van der Waals surface area contributed by atoms with E-state index in [-0.39, 0.29) is 25.1 Å². The number of hydrogen-bond acceptors (Lipinski definition) is 7. The van der Waals surface area contributed by atoms with Gasteiger partial charge < -0.3 is 14.4 Å². The van der Waals surface area contributed by atoms with Gasteiger partial charge in [0.1, 0.15) is 24.7 Å². The molecule has 0 saturated carbocycles. The van der Waals surface area contributed by atoms with E-state index in [0.29, 0.717) is 30.2 Å². The Hall–Kier alpha value is -4.22. The molecule has 0 bridgehead atoms. The number of carbonyl (C=O) groups is 2. The minimum absolute atomic E-state index is 0.0348. The van der Waals surface area contributed by atoms with Crippen LogP contribution in [0.25, 0.3) is 12.2 Å². The quantitative estimate of drug-likeness (QED) is 0.388. The van der Waals surface area contributed by atoms with Crippen molar-refractivity contribution in [2.45, 2.75) is 6.92 Å². The van der Waals surface area contributed by atoms with Crippen molar-refractivity contribution in [2.24, 2.45) is 4.99 Å². The first-order valence-corrected chi connectivity index (χ1v) is 11.2. The standard InChI is InChI=1S/C27H28N4O4/c1-4-34-19-26(32)35-16-15-30(2)23-12-9-21(10-13-23)17-24-27(33)31(3)25(29-24)14-11-20-5-7-22(18-28)8-6-20/h5-14,17H,4,15-16,19H2,1-3H3/b14-11+,24-17-. The third-order valence-electron chi connectivity index (χ3n) is 5.32. The van der Waals surface area contributed by atoms with Gasteiger partial charge >= 0.3 is 5.97 Å². The monoisotopic (exact) mass is 472 g/mol. The fourth-order valence-electron chi connectivity index (χ4n) is 3.24. The van der Waals surface area contributed by atoms with Gasteiger partial charge in [0, 0.05) is 26.4 Å². The van der Waals surface area contributed by atoms with Gasteiger partial charge in [-0.1, -0.05) is 30.3 Å². The predicted octanol–water partition coefficient (Wildman–Crippen LogP) is 3.50. The van der Waals surface area contributed by atoms with Crippen molar-refractivity contribution in [3.8, 4) is 6.07 Å². The van der Waals surface area contributed by atoms with Crippen LogP contribution in [0.2, 0.25) is 0 Å². The molecule has 0 radical (unpaired) electrons. The lowest BCUT2D eigenvalue weighted by Crippen LogP contribution is -2.26. The number of nitriles is 1. The second kappa shape index (κ2) is 12.3. The lowest BCUT2D eigenvalue weighted by atomic mass is 10.1. The molecule has 1 amide bonds. The number of amidine groups is 1. The molecular weight excluding hydrogens is 444 g/mol. The summed E-state index contributed by atoms with van der Waals surface area (Å²) in [5.74, 6) is -0.0134. The van der Waals surface area contributed by atoms with Gasteiger partial charge in [0.05, 0.1) is 18.2 Å². The smallest absolute Gasteiger partial charge is 0.332 e. The summed E-state index contributed by atoms with van der Waals surface area (Å²) in [6.07, 6.45) is 5.38. The first-order chi connectivity index (χ1) is 16.9. The Bertz CT molecular complexity index is 1180. The maximum atomic E-state index is 12.6. The summed E-state index contributed by atoms with van der Waals surface area (Å²) in [5, 5.41) is 8.90. The van der Waals surface area contributed by atoms with E-state index in [1.165, 1.54) is 4.90 Å². The van der Waals surface area contributed by atoms with Crippen molar-refractivity contribution in [3.05, 3.63) is 77.0 Å². The van der Waals surface area contributed by atoms with Gasteiger partial charge in [-0.15, -0.1) is 0 Å². The summed E-state index contributed by atoms with van der Waals surface area (Å²) in [7, 11) is 3.60. The third-order valence-corrected chi connectivity index (χ3v) is 5.32. The molecular formula is C27H28N4O4. The van der Waals surface area contributed by atoms with Gasteiger partial charge in [-0.05, 0) is 54.5 Å². The number of hydrogen-bond donors (Lipinski definition) is 0. The highest BCUT2D eigenvalue weighted by Crippen LogP contribution is 2.20. The van der Waals surface area contributed by atoms with Crippen LogP contribution in [0.4, 0.5) is 5.69 Å². The zero-order valence-corrected chi connectivity index (χ0v) is 20.1. The van der Waals surface area contributed by atoms with E-state index in [4.69, 9.17) is 14.7 Å². The number of aliphatic imine (C=N–C) groups is 1. The maximum absolute atomic E-state index is 12.6. The number of ether oxygens (including phenoxy) is 2. The molecule has 8 heteroatoms. The summed E-state index contributed by atoms with van der Waals surface area (Å²) in [5.41, 5.74) is 3.67. The van der Waals surface area contributed by atoms with Crippen LogP contribution < -0.4 is 4.90 Å². The Morgan fingerprint density at radius 2 is 1.80 bits per heavy atom. The van der Waals surface area contributed by atoms with Crippen LogP contribution in [0.15, 0.2) is 65.3 Å². The molecule has 1 aliphatic heterocycles. The number of carbonyl (C=O) groups excluding carboxylic acids is 2. The SMILES string of the molecule is CCOCC(=O)OCCN(C)c1ccc(/C=C2N=C(/C=C/c3ccc(C#N)cc3)N(C)C\2=O)cc1. The zero-order chi connectivity index (χ0) is 25.2. The van der Waals surface area contributed by atoms with Gasteiger partial charge in [-0.3, -0.25) is 9.69 Å². The van der Waals surface area contributed by atoms with E-state index < -0.39 is 0 Å². The zero-order valence-electron chi connectivity index (χ0n) is 20.1. The molecule has 1 heterocycles. The fraction of sp³-hybridized carbons (Fsp3) is 0.259. The average Bonchev–Trinajstić information content (AvgIpc) is 3.14. The van der Waals surface area contributed by atoms with E-state index >= 15 is 0 Å². The minimum atomic E-state index is -0.375. The van der Waals surface area contributed by atoms with E-state index in [1.807, 2.05) is 61.3 Å². The van der Waals surface area contributed by atoms with Crippen molar-refractivity contribution >= 4 is 35.6 Å². The Balaban J connectivity index is 1.61. The molecule has 0 aliphatic carbocycles. The number of likely N-dealkylation sites (N-methyl/N-ethyl adjacent to an activating group) is 2. The number of nitrogens with zero attached hydrogens (tertiary/aromatic N) is 4. The van der Waals surface area contributed by atoms with E-state index in [2.05, 4.69) is 11.1 Å². The maximum Gasteiger partial charge on any atom is 0.332 e. The third kappa shape index (κ3) is 7.13. The Morgan fingerprint density at radius 1 is 1.11 bits per heavy atom. The number of benzene rings is 2. The van der Waals surface area contributed by atoms with Crippen LogP contribution in [0.3, 0.4) is 0 Å². The summed E-state index contributed by atoms with van der Waals surface area (Å²) in [6, 6.07) is 16.9. The van der Waals surface area contributed by atoms with Crippen LogP contribution in [-0.4, -0.2) is 63.1 Å². The highest BCUT2D eigenvalue weighted by molar-refractivity contribution is 6.18. The van der Waals surface area contributed by atoms with Gasteiger partial charge in [0.25, 0.3) is 5.91 Å². The molecule has 180 valence electrons. The minimum Gasteiger partial charge on any atom is -0.462 e. The Kier molecular flexibility index (Phi) is 8.93. The molecule has 2 aromatic rings. The molecule has 0 spiro atoms. The van der Waals surface area contributed by atoms with Gasteiger partial charge in [0.2, 0.25) is 0 Å². The van der Waals surface area contributed by atoms with Crippen LogP contribution in [0.5, 0.6) is 0 Å². The summed E-state index contributed by atoms with van der Waals surface area (Å²) in [4.78, 5) is 32.1. The lowest BCUT2D eigenvalue weighted by molar-refractivity contribution is -0.148. The van der Waals surface area contributed by atoms with Crippen molar-refractivity contribution in [1.82, 2.24) is 4.90 Å². The number of amides is 1. The van der Waals surface area contributed by atoms with E-state index in [9.17, 15) is 9.59 Å². The Morgan fingerprint density at radius 3 is 2.46 bits per heavy atom. The van der Waals surface area contributed by atoms with Gasteiger partial charge in [-0.25, -0.2) is 9.79 Å². The van der Waals surface area contributed by atoms with Gasteiger partial charge in [-0.2, -0.15) is 5.26 Å². The number of rotatable bonds is 10. The molecule has 8 nitrogen and oxygen atoms in total. The van der Waals surface area contributed by atoms with E-state index in [1.54, 1.807) is 31.3 Å². The highest BCUT2D eigenvalue weighted by atomic mass is 16.6. The largest absolute Gasteiger partial charge is 0.462 e. The van der Waals surface area contributed by atoms with Crippen molar-refractivity contribution in [1.29, 1.82) is 5.26 Å². The van der Waals surface area contributed by atoms with Crippen molar-refractivity contribution < 1.29 is 19.1 Å². The molecule has 3 rings (SSSR count). The topological polar surface area (TPSA) is 95.2 Å². The summed E-state index contributed by atoms with van der Waals surface area (Å²) in [6.45, 7) is 3.07. The van der Waals surface area contributed by atoms with Crippen LogP contribution >= 0.6 is 0 Å². The first kappa shape index (κ1) is 25.4. The Labute approximate surface area is 205 Å². The fourth-order valence-corrected chi connectivity index (χ4v) is 3.24. The summed E-state index contributed by atoms with van der Waals surface area (Å²) < 4.78 is 10.2. The van der Waals surface area contributed by atoms with Crippen molar-refractivity contribution in [3.63, 3.8) is 0 Å². The molecule has 0 fully saturated rings. The summed E-state index contributed by atoms with van der Waals surface area (Å²) >= 11 is 0. The molecule has 0 unspecified atom stereocenters. The van der Waals surface area contributed by atoms with Crippen LogP contribution in [0, 0.1) is 11.3 Å². The first-order valence-electron chi connectivity index (χ1n) is 11.2. The number of anilines is 1. The predicted molar refractivity (Wildman–Crippen MR) is 136 cm³/mol.